The number of hydrogen-bond acceptors (Lipinski definition) is 4. The van der Waals surface area contributed by atoms with Gasteiger partial charge in [-0.1, -0.05) is 19.1 Å². The molecular formula is C21H21F3N4O2. The molecule has 4 rings (SSSR count). The Morgan fingerprint density at radius 1 is 1.07 bits per heavy atom. The molecule has 6 nitrogen and oxygen atoms in total. The molecular weight excluding hydrogens is 397 g/mol. The van der Waals surface area contributed by atoms with Crippen LogP contribution in [-0.4, -0.2) is 44.6 Å². The predicted molar refractivity (Wildman–Crippen MR) is 104 cm³/mol. The molecule has 0 bridgehead atoms. The fourth-order valence-corrected chi connectivity index (χ4v) is 3.62. The topological polar surface area (TPSA) is 59.7 Å². The minimum atomic E-state index is -4.58. The lowest BCUT2D eigenvalue weighted by Crippen LogP contribution is -2.41. The summed E-state index contributed by atoms with van der Waals surface area (Å²) < 4.78 is 46.2. The second-order valence-corrected chi connectivity index (χ2v) is 7.24. The van der Waals surface area contributed by atoms with Gasteiger partial charge in [-0.2, -0.15) is 13.2 Å². The zero-order chi connectivity index (χ0) is 21.3. The summed E-state index contributed by atoms with van der Waals surface area (Å²) in [7, 11) is 0. The van der Waals surface area contributed by atoms with Gasteiger partial charge in [-0.25, -0.2) is 0 Å². The Labute approximate surface area is 171 Å². The molecule has 1 aliphatic heterocycles. The van der Waals surface area contributed by atoms with Gasteiger partial charge in [-0.15, -0.1) is 10.2 Å². The number of rotatable bonds is 4. The fourth-order valence-electron chi connectivity index (χ4n) is 3.62. The lowest BCUT2D eigenvalue weighted by molar-refractivity contribution is -0.145. The average Bonchev–Trinajstić information content (AvgIpc) is 3.18. The van der Waals surface area contributed by atoms with Crippen LogP contribution in [0.1, 0.15) is 32.0 Å². The highest BCUT2D eigenvalue weighted by molar-refractivity contribution is 5.75. The Hall–Kier alpha value is -3.10. The molecule has 30 heavy (non-hydrogen) atoms. The van der Waals surface area contributed by atoms with Gasteiger partial charge >= 0.3 is 6.18 Å². The average molecular weight is 418 g/mol. The van der Waals surface area contributed by atoms with Crippen LogP contribution in [0.2, 0.25) is 0 Å². The van der Waals surface area contributed by atoms with Crippen LogP contribution in [-0.2, 0) is 11.0 Å². The molecule has 0 unspecified atom stereocenters. The monoisotopic (exact) mass is 418 g/mol. The Balaban J connectivity index is 1.46. The largest absolute Gasteiger partial charge is 0.490 e. The molecule has 3 heterocycles. The first-order valence-electron chi connectivity index (χ1n) is 9.82. The second kappa shape index (κ2) is 7.97. The Morgan fingerprint density at radius 2 is 1.73 bits per heavy atom. The first-order chi connectivity index (χ1) is 14.3. The van der Waals surface area contributed by atoms with Crippen LogP contribution in [0, 0.1) is 0 Å². The number of carbonyl (C=O) groups excluding carboxylic acids is 1. The van der Waals surface area contributed by atoms with Gasteiger partial charge in [0.15, 0.2) is 5.65 Å². The van der Waals surface area contributed by atoms with E-state index in [-0.39, 0.29) is 17.7 Å². The molecule has 1 aromatic carbocycles. The van der Waals surface area contributed by atoms with Crippen LogP contribution in [0.5, 0.6) is 5.75 Å². The maximum atomic E-state index is 13.1. The number of aromatic nitrogens is 3. The third-order valence-corrected chi connectivity index (χ3v) is 5.24. The predicted octanol–water partition coefficient (Wildman–Crippen LogP) is 4.19. The van der Waals surface area contributed by atoms with Crippen molar-refractivity contribution in [3.05, 3.63) is 48.4 Å². The van der Waals surface area contributed by atoms with Crippen molar-refractivity contribution in [1.82, 2.24) is 19.5 Å². The van der Waals surface area contributed by atoms with Crippen molar-refractivity contribution in [1.29, 1.82) is 0 Å². The van der Waals surface area contributed by atoms with Gasteiger partial charge < -0.3 is 9.64 Å². The van der Waals surface area contributed by atoms with Crippen LogP contribution in [0.3, 0.4) is 0 Å². The van der Waals surface area contributed by atoms with Gasteiger partial charge in [-0.3, -0.25) is 9.20 Å². The van der Waals surface area contributed by atoms with Gasteiger partial charge in [-0.05, 0) is 35.4 Å². The lowest BCUT2D eigenvalue weighted by atomic mass is 10.1. The van der Waals surface area contributed by atoms with Gasteiger partial charge in [0.2, 0.25) is 11.7 Å². The summed E-state index contributed by atoms with van der Waals surface area (Å²) in [4.78, 5) is 13.6. The van der Waals surface area contributed by atoms with E-state index in [0.717, 1.165) is 22.8 Å². The number of piperidine rings is 1. The molecule has 0 aliphatic carbocycles. The molecule has 0 N–H and O–H groups in total. The number of halogens is 3. The van der Waals surface area contributed by atoms with E-state index in [1.54, 1.807) is 18.2 Å². The van der Waals surface area contributed by atoms with Gasteiger partial charge in [0.25, 0.3) is 0 Å². The number of fused-ring (bicyclic) bond motifs is 1. The van der Waals surface area contributed by atoms with Crippen molar-refractivity contribution in [2.45, 2.75) is 38.5 Å². The van der Waals surface area contributed by atoms with E-state index in [2.05, 4.69) is 10.2 Å². The zero-order valence-corrected chi connectivity index (χ0v) is 16.4. The third-order valence-electron chi connectivity index (χ3n) is 5.24. The smallest absolute Gasteiger partial charge is 0.452 e. The van der Waals surface area contributed by atoms with E-state index < -0.39 is 12.0 Å². The van der Waals surface area contributed by atoms with E-state index >= 15 is 0 Å². The summed E-state index contributed by atoms with van der Waals surface area (Å²) in [6.07, 6.45) is -1.09. The van der Waals surface area contributed by atoms with Crippen molar-refractivity contribution in [2.24, 2.45) is 0 Å². The number of pyridine rings is 1. The number of alkyl halides is 3. The maximum Gasteiger partial charge on any atom is 0.452 e. The highest BCUT2D eigenvalue weighted by Crippen LogP contribution is 2.30. The molecule has 1 amide bonds. The summed E-state index contributed by atoms with van der Waals surface area (Å²) >= 11 is 0. The first-order valence-corrected chi connectivity index (χ1v) is 9.82. The summed E-state index contributed by atoms with van der Waals surface area (Å²) in [6, 6.07) is 10.4. The summed E-state index contributed by atoms with van der Waals surface area (Å²) in [6.45, 7) is 3.24. The first kappa shape index (κ1) is 20.2. The molecule has 0 saturated carbocycles. The van der Waals surface area contributed by atoms with E-state index in [9.17, 15) is 18.0 Å². The standard InChI is InChI=1S/C21H21F3N4O2/c1-2-19(29)27-11-9-17(10-12-27)30-16-6-3-14(4-7-16)15-5-8-18-25-26-20(21(22,23)24)28(18)13-15/h3-8,13,17H,2,9-12H2,1H3. The number of carbonyl (C=O) groups is 1. The zero-order valence-electron chi connectivity index (χ0n) is 16.4. The Morgan fingerprint density at radius 3 is 2.37 bits per heavy atom. The van der Waals surface area contributed by atoms with E-state index in [0.29, 0.717) is 30.8 Å². The third kappa shape index (κ3) is 4.10. The fraction of sp³-hybridized carbons (Fsp3) is 0.381. The summed E-state index contributed by atoms with van der Waals surface area (Å²) in [5, 5.41) is 6.81. The van der Waals surface area contributed by atoms with Gasteiger partial charge in [0, 0.05) is 38.5 Å². The Kier molecular flexibility index (Phi) is 5.36. The van der Waals surface area contributed by atoms with Gasteiger partial charge in [0.05, 0.1) is 0 Å². The Bertz CT molecular complexity index is 1040. The molecule has 0 spiro atoms. The number of likely N-dealkylation sites (tertiary alicyclic amines) is 1. The molecule has 2 aromatic heterocycles. The normalized spacial score (nSPS) is 15.5. The number of ether oxygens (including phenoxy) is 1. The number of benzene rings is 1. The second-order valence-electron chi connectivity index (χ2n) is 7.24. The minimum absolute atomic E-state index is 0.0412. The molecule has 1 fully saturated rings. The molecule has 1 saturated heterocycles. The van der Waals surface area contributed by atoms with Crippen LogP contribution in [0.15, 0.2) is 42.6 Å². The van der Waals surface area contributed by atoms with Crippen molar-refractivity contribution in [3.8, 4) is 16.9 Å². The number of amides is 1. The molecule has 0 radical (unpaired) electrons. The highest BCUT2D eigenvalue weighted by atomic mass is 19.4. The van der Waals surface area contributed by atoms with E-state index in [4.69, 9.17) is 4.74 Å². The number of hydrogen-bond donors (Lipinski definition) is 0. The van der Waals surface area contributed by atoms with Crippen molar-refractivity contribution < 1.29 is 22.7 Å². The molecule has 1 aliphatic rings. The quantitative estimate of drug-likeness (QED) is 0.637. The van der Waals surface area contributed by atoms with Gasteiger partial charge in [0.1, 0.15) is 11.9 Å². The van der Waals surface area contributed by atoms with Crippen LogP contribution in [0.4, 0.5) is 13.2 Å². The van der Waals surface area contributed by atoms with E-state index in [1.165, 1.54) is 12.3 Å². The highest BCUT2D eigenvalue weighted by Gasteiger charge is 2.36. The van der Waals surface area contributed by atoms with Crippen molar-refractivity contribution >= 4 is 11.6 Å². The minimum Gasteiger partial charge on any atom is -0.490 e. The molecule has 0 atom stereocenters. The van der Waals surface area contributed by atoms with Crippen LogP contribution < -0.4 is 4.74 Å². The van der Waals surface area contributed by atoms with Crippen LogP contribution in [0.25, 0.3) is 16.8 Å². The summed E-state index contributed by atoms with van der Waals surface area (Å²) in [5.41, 5.74) is 1.51. The SMILES string of the molecule is CCC(=O)N1CCC(Oc2ccc(-c3ccc4nnc(C(F)(F)F)n4c3)cc2)CC1. The van der Waals surface area contributed by atoms with Crippen molar-refractivity contribution in [3.63, 3.8) is 0 Å². The van der Waals surface area contributed by atoms with Crippen LogP contribution >= 0.6 is 0 Å². The number of nitrogens with zero attached hydrogens (tertiary/aromatic N) is 4. The molecule has 9 heteroatoms. The lowest BCUT2D eigenvalue weighted by Gasteiger charge is -2.32. The van der Waals surface area contributed by atoms with Crippen molar-refractivity contribution in [2.75, 3.05) is 13.1 Å². The summed E-state index contributed by atoms with van der Waals surface area (Å²) in [5.74, 6) is -0.191. The molecule has 158 valence electrons. The van der Waals surface area contributed by atoms with E-state index in [1.807, 2.05) is 24.0 Å². The molecule has 3 aromatic rings. The maximum absolute atomic E-state index is 13.1.